The molecule has 1 aromatic carbocycles. The highest BCUT2D eigenvalue weighted by Gasteiger charge is 2.19. The van der Waals surface area contributed by atoms with E-state index in [2.05, 4.69) is 28.2 Å². The SMILES string of the molecule is N#Cc1ccc2c(ccn2CCNCC2CC2)c1. The highest BCUT2D eigenvalue weighted by atomic mass is 15.0. The normalized spacial score (nSPS) is 14.8. The fraction of sp³-hybridized carbons (Fsp3) is 0.400. The van der Waals surface area contributed by atoms with Gasteiger partial charge >= 0.3 is 0 Å². The molecule has 0 spiro atoms. The Morgan fingerprint density at radius 3 is 3.00 bits per heavy atom. The minimum atomic E-state index is 0.729. The summed E-state index contributed by atoms with van der Waals surface area (Å²) in [5, 5.41) is 13.5. The third-order valence-corrected chi connectivity index (χ3v) is 3.56. The van der Waals surface area contributed by atoms with E-state index < -0.39 is 0 Å². The molecule has 1 aromatic heterocycles. The number of nitrogens with one attached hydrogen (secondary N) is 1. The van der Waals surface area contributed by atoms with Crippen molar-refractivity contribution in [2.24, 2.45) is 5.92 Å². The first-order chi connectivity index (χ1) is 8.86. The molecule has 3 rings (SSSR count). The van der Waals surface area contributed by atoms with Gasteiger partial charge < -0.3 is 9.88 Å². The second-order valence-electron chi connectivity index (χ2n) is 5.04. The van der Waals surface area contributed by atoms with Crippen LogP contribution >= 0.6 is 0 Å². The molecule has 18 heavy (non-hydrogen) atoms. The van der Waals surface area contributed by atoms with Gasteiger partial charge in [0.25, 0.3) is 0 Å². The molecule has 1 heterocycles. The molecule has 2 aromatic rings. The van der Waals surface area contributed by atoms with Gasteiger partial charge in [-0.05, 0) is 49.6 Å². The Bertz CT molecular complexity index is 587. The summed E-state index contributed by atoms with van der Waals surface area (Å²) in [6, 6.07) is 10.1. The van der Waals surface area contributed by atoms with Crippen molar-refractivity contribution >= 4 is 10.9 Å². The van der Waals surface area contributed by atoms with E-state index in [1.54, 1.807) is 0 Å². The lowest BCUT2D eigenvalue weighted by molar-refractivity contribution is 0.584. The Labute approximate surface area is 107 Å². The Kier molecular flexibility index (Phi) is 3.04. The average Bonchev–Trinajstić information content (AvgIpc) is 3.14. The number of nitriles is 1. The molecular weight excluding hydrogens is 222 g/mol. The summed E-state index contributed by atoms with van der Waals surface area (Å²) in [5.74, 6) is 0.935. The molecule has 0 radical (unpaired) electrons. The van der Waals surface area contributed by atoms with Crippen LogP contribution in [0.5, 0.6) is 0 Å². The molecule has 1 N–H and O–H groups in total. The standard InChI is InChI=1S/C15H17N3/c16-10-13-3-4-15-14(9-13)5-7-18(15)8-6-17-11-12-1-2-12/h3-5,7,9,12,17H,1-2,6,8,11H2. The van der Waals surface area contributed by atoms with Crippen molar-refractivity contribution in [1.29, 1.82) is 5.26 Å². The van der Waals surface area contributed by atoms with Gasteiger partial charge in [0.15, 0.2) is 0 Å². The number of benzene rings is 1. The van der Waals surface area contributed by atoms with Gasteiger partial charge in [-0.15, -0.1) is 0 Å². The lowest BCUT2D eigenvalue weighted by atomic mass is 10.2. The molecule has 0 amide bonds. The second-order valence-corrected chi connectivity index (χ2v) is 5.04. The predicted molar refractivity (Wildman–Crippen MR) is 72.2 cm³/mol. The minimum Gasteiger partial charge on any atom is -0.346 e. The first-order valence-corrected chi connectivity index (χ1v) is 6.56. The molecule has 0 bridgehead atoms. The highest BCUT2D eigenvalue weighted by molar-refractivity contribution is 5.81. The monoisotopic (exact) mass is 239 g/mol. The van der Waals surface area contributed by atoms with Gasteiger partial charge in [-0.1, -0.05) is 0 Å². The number of aromatic nitrogens is 1. The third-order valence-electron chi connectivity index (χ3n) is 3.56. The van der Waals surface area contributed by atoms with Crippen molar-refractivity contribution in [2.45, 2.75) is 19.4 Å². The van der Waals surface area contributed by atoms with E-state index in [1.807, 2.05) is 18.2 Å². The summed E-state index contributed by atoms with van der Waals surface area (Å²) in [6.07, 6.45) is 4.90. The first kappa shape index (κ1) is 11.3. The van der Waals surface area contributed by atoms with Crippen LogP contribution in [0.3, 0.4) is 0 Å². The maximum Gasteiger partial charge on any atom is 0.0991 e. The predicted octanol–water partition coefficient (Wildman–Crippen LogP) is 2.51. The minimum absolute atomic E-state index is 0.729. The van der Waals surface area contributed by atoms with Crippen LogP contribution in [-0.2, 0) is 6.54 Å². The molecule has 1 aliphatic rings. The van der Waals surface area contributed by atoms with Gasteiger partial charge in [0.1, 0.15) is 0 Å². The van der Waals surface area contributed by atoms with Gasteiger partial charge in [-0.2, -0.15) is 5.26 Å². The van der Waals surface area contributed by atoms with E-state index in [1.165, 1.54) is 18.4 Å². The van der Waals surface area contributed by atoms with E-state index in [4.69, 9.17) is 5.26 Å². The average molecular weight is 239 g/mol. The number of fused-ring (bicyclic) bond motifs is 1. The molecule has 3 nitrogen and oxygen atoms in total. The smallest absolute Gasteiger partial charge is 0.0991 e. The fourth-order valence-corrected chi connectivity index (χ4v) is 2.29. The molecule has 0 unspecified atom stereocenters. The summed E-state index contributed by atoms with van der Waals surface area (Å²) in [5.41, 5.74) is 1.94. The fourth-order valence-electron chi connectivity index (χ4n) is 2.29. The molecule has 92 valence electrons. The third kappa shape index (κ3) is 2.39. The molecule has 0 saturated heterocycles. The molecule has 1 saturated carbocycles. The zero-order chi connectivity index (χ0) is 12.4. The van der Waals surface area contributed by atoms with Crippen molar-refractivity contribution in [3.63, 3.8) is 0 Å². The topological polar surface area (TPSA) is 40.8 Å². The van der Waals surface area contributed by atoms with Crippen LogP contribution in [0, 0.1) is 17.2 Å². The summed E-state index contributed by atoms with van der Waals surface area (Å²) >= 11 is 0. The summed E-state index contributed by atoms with van der Waals surface area (Å²) < 4.78 is 2.25. The molecule has 0 atom stereocenters. The van der Waals surface area contributed by atoms with Crippen molar-refractivity contribution in [1.82, 2.24) is 9.88 Å². The van der Waals surface area contributed by atoms with E-state index in [0.29, 0.717) is 0 Å². The zero-order valence-corrected chi connectivity index (χ0v) is 10.4. The number of hydrogen-bond donors (Lipinski definition) is 1. The van der Waals surface area contributed by atoms with Crippen LogP contribution < -0.4 is 5.32 Å². The van der Waals surface area contributed by atoms with Crippen LogP contribution in [0.25, 0.3) is 10.9 Å². The van der Waals surface area contributed by atoms with E-state index in [0.717, 1.165) is 36.5 Å². The maximum absolute atomic E-state index is 8.87. The Morgan fingerprint density at radius 1 is 1.33 bits per heavy atom. The van der Waals surface area contributed by atoms with Crippen LogP contribution in [0.15, 0.2) is 30.5 Å². The van der Waals surface area contributed by atoms with Crippen LogP contribution in [-0.4, -0.2) is 17.7 Å². The van der Waals surface area contributed by atoms with Crippen molar-refractivity contribution in [2.75, 3.05) is 13.1 Å². The lowest BCUT2D eigenvalue weighted by Gasteiger charge is -2.06. The quantitative estimate of drug-likeness (QED) is 0.814. The van der Waals surface area contributed by atoms with Crippen LogP contribution in [0.4, 0.5) is 0 Å². The van der Waals surface area contributed by atoms with Gasteiger partial charge in [-0.25, -0.2) is 0 Å². The van der Waals surface area contributed by atoms with E-state index in [9.17, 15) is 0 Å². The van der Waals surface area contributed by atoms with Gasteiger partial charge in [0.2, 0.25) is 0 Å². The zero-order valence-electron chi connectivity index (χ0n) is 10.4. The van der Waals surface area contributed by atoms with Crippen LogP contribution in [0.1, 0.15) is 18.4 Å². The summed E-state index contributed by atoms with van der Waals surface area (Å²) in [4.78, 5) is 0. The summed E-state index contributed by atoms with van der Waals surface area (Å²) in [6.45, 7) is 3.17. The second kappa shape index (κ2) is 4.83. The Balaban J connectivity index is 1.66. The Hall–Kier alpha value is -1.79. The maximum atomic E-state index is 8.87. The van der Waals surface area contributed by atoms with E-state index in [-0.39, 0.29) is 0 Å². The van der Waals surface area contributed by atoms with Gasteiger partial charge in [-0.3, -0.25) is 0 Å². The van der Waals surface area contributed by atoms with Crippen molar-refractivity contribution in [3.8, 4) is 6.07 Å². The number of nitrogens with zero attached hydrogens (tertiary/aromatic N) is 2. The summed E-state index contributed by atoms with van der Waals surface area (Å²) in [7, 11) is 0. The molecule has 1 aliphatic carbocycles. The molecule has 3 heteroatoms. The number of rotatable bonds is 5. The van der Waals surface area contributed by atoms with E-state index >= 15 is 0 Å². The van der Waals surface area contributed by atoms with Crippen molar-refractivity contribution in [3.05, 3.63) is 36.0 Å². The molecular formula is C15H17N3. The largest absolute Gasteiger partial charge is 0.346 e. The lowest BCUT2D eigenvalue weighted by Crippen LogP contribution is -2.21. The molecule has 1 fully saturated rings. The van der Waals surface area contributed by atoms with Crippen molar-refractivity contribution < 1.29 is 0 Å². The van der Waals surface area contributed by atoms with Gasteiger partial charge in [0.05, 0.1) is 11.6 Å². The van der Waals surface area contributed by atoms with Crippen LogP contribution in [0.2, 0.25) is 0 Å². The van der Waals surface area contributed by atoms with Gasteiger partial charge in [0, 0.05) is 30.2 Å². The molecule has 0 aliphatic heterocycles. The first-order valence-electron chi connectivity index (χ1n) is 6.56. The number of hydrogen-bond acceptors (Lipinski definition) is 2. The highest BCUT2D eigenvalue weighted by Crippen LogP contribution is 2.27. The Morgan fingerprint density at radius 2 is 2.22 bits per heavy atom.